The predicted octanol–water partition coefficient (Wildman–Crippen LogP) is 1.75. The smallest absolute Gasteiger partial charge is 0.260 e. The van der Waals surface area contributed by atoms with Crippen LogP contribution in [-0.2, 0) is 11.3 Å². The van der Waals surface area contributed by atoms with Gasteiger partial charge in [-0.25, -0.2) is 0 Å². The molecule has 0 aliphatic carbocycles. The van der Waals surface area contributed by atoms with E-state index in [1.165, 1.54) is 0 Å². The van der Waals surface area contributed by atoms with E-state index in [9.17, 15) is 4.79 Å². The van der Waals surface area contributed by atoms with E-state index >= 15 is 0 Å². The molecule has 0 atom stereocenters. The summed E-state index contributed by atoms with van der Waals surface area (Å²) in [6, 6.07) is 3.93. The van der Waals surface area contributed by atoms with Crippen molar-refractivity contribution in [3.05, 3.63) is 23.5 Å². The van der Waals surface area contributed by atoms with Gasteiger partial charge in [0.25, 0.3) is 5.91 Å². The normalized spacial score (nSPS) is 10.7. The molecule has 1 N–H and O–H groups in total. The molecule has 5 nitrogen and oxygen atoms in total. The van der Waals surface area contributed by atoms with Gasteiger partial charge in [0.1, 0.15) is 5.75 Å². The van der Waals surface area contributed by atoms with Gasteiger partial charge < -0.3 is 15.0 Å². The number of hydrogen-bond acceptors (Lipinski definition) is 4. The fourth-order valence-corrected chi connectivity index (χ4v) is 1.63. The number of aromatic nitrogens is 1. The second kappa shape index (κ2) is 7.85. The molecule has 1 aromatic heterocycles. The molecule has 1 heterocycles. The zero-order valence-corrected chi connectivity index (χ0v) is 13.1. The van der Waals surface area contributed by atoms with E-state index in [0.717, 1.165) is 17.9 Å². The Morgan fingerprint density at radius 3 is 2.75 bits per heavy atom. The summed E-state index contributed by atoms with van der Waals surface area (Å²) in [7, 11) is 1.78. The molecule has 1 aromatic rings. The molecule has 0 saturated carbocycles. The molecule has 1 amide bonds. The minimum Gasteiger partial charge on any atom is -0.482 e. The molecule has 0 radical (unpaired) electrons. The molecule has 0 unspecified atom stereocenters. The lowest BCUT2D eigenvalue weighted by molar-refractivity contribution is -0.133. The van der Waals surface area contributed by atoms with Crippen molar-refractivity contribution >= 4 is 5.91 Å². The predicted molar refractivity (Wildman–Crippen MR) is 79.8 cm³/mol. The van der Waals surface area contributed by atoms with Crippen LogP contribution in [0, 0.1) is 6.92 Å². The van der Waals surface area contributed by atoms with Crippen molar-refractivity contribution in [3.63, 3.8) is 0 Å². The quantitative estimate of drug-likeness (QED) is 0.826. The van der Waals surface area contributed by atoms with Gasteiger partial charge in [0.2, 0.25) is 0 Å². The van der Waals surface area contributed by atoms with Crippen LogP contribution < -0.4 is 10.1 Å². The Balaban J connectivity index is 2.69. The molecule has 0 spiro atoms. The molecule has 20 heavy (non-hydrogen) atoms. The summed E-state index contributed by atoms with van der Waals surface area (Å²) in [5, 5.41) is 3.22. The van der Waals surface area contributed by atoms with Crippen LogP contribution in [0.3, 0.4) is 0 Å². The Kier molecular flexibility index (Phi) is 6.45. The van der Waals surface area contributed by atoms with Crippen LogP contribution in [-0.4, -0.2) is 42.0 Å². The maximum absolute atomic E-state index is 11.9. The number of aryl methyl sites for hydroxylation is 1. The zero-order chi connectivity index (χ0) is 15.1. The molecular formula is C15H25N3O2. The molecule has 0 bridgehead atoms. The standard InChI is InChI=1S/C15H25N3O2/c1-6-16-9-13-14(8-7-12(4)17-13)20-10-15(19)18(5)11(2)3/h7-8,11,16H,6,9-10H2,1-5H3. The van der Waals surface area contributed by atoms with E-state index in [-0.39, 0.29) is 18.6 Å². The number of likely N-dealkylation sites (N-methyl/N-ethyl adjacent to an activating group) is 1. The zero-order valence-electron chi connectivity index (χ0n) is 13.1. The molecule has 0 fully saturated rings. The SMILES string of the molecule is CCNCc1nc(C)ccc1OCC(=O)N(C)C(C)C. The number of amides is 1. The lowest BCUT2D eigenvalue weighted by atomic mass is 10.3. The van der Waals surface area contributed by atoms with Gasteiger partial charge >= 0.3 is 0 Å². The average Bonchev–Trinajstić information content (AvgIpc) is 2.42. The Morgan fingerprint density at radius 1 is 1.45 bits per heavy atom. The first-order valence-corrected chi connectivity index (χ1v) is 7.01. The van der Waals surface area contributed by atoms with E-state index in [1.807, 2.05) is 39.8 Å². The highest BCUT2D eigenvalue weighted by molar-refractivity contribution is 5.77. The van der Waals surface area contributed by atoms with Gasteiger partial charge in [-0.05, 0) is 39.4 Å². The van der Waals surface area contributed by atoms with E-state index in [1.54, 1.807) is 11.9 Å². The third kappa shape index (κ3) is 4.81. The molecule has 0 aliphatic heterocycles. The Bertz CT molecular complexity index is 447. The highest BCUT2D eigenvalue weighted by Gasteiger charge is 2.14. The molecule has 0 saturated heterocycles. The first-order chi connectivity index (χ1) is 9.45. The topological polar surface area (TPSA) is 54.5 Å². The van der Waals surface area contributed by atoms with Crippen molar-refractivity contribution < 1.29 is 9.53 Å². The fourth-order valence-electron chi connectivity index (χ4n) is 1.63. The maximum Gasteiger partial charge on any atom is 0.260 e. The highest BCUT2D eigenvalue weighted by Crippen LogP contribution is 2.17. The summed E-state index contributed by atoms with van der Waals surface area (Å²) >= 11 is 0. The third-order valence-electron chi connectivity index (χ3n) is 3.13. The van der Waals surface area contributed by atoms with Crippen molar-refractivity contribution in [1.29, 1.82) is 0 Å². The van der Waals surface area contributed by atoms with Gasteiger partial charge in [-0.2, -0.15) is 0 Å². The Morgan fingerprint density at radius 2 is 2.15 bits per heavy atom. The van der Waals surface area contributed by atoms with Crippen molar-refractivity contribution in [1.82, 2.24) is 15.2 Å². The Hall–Kier alpha value is -1.62. The summed E-state index contributed by atoms with van der Waals surface area (Å²) in [5.41, 5.74) is 1.78. The Labute approximate surface area is 121 Å². The van der Waals surface area contributed by atoms with E-state index < -0.39 is 0 Å². The minimum absolute atomic E-state index is 0.0324. The fraction of sp³-hybridized carbons (Fsp3) is 0.600. The third-order valence-corrected chi connectivity index (χ3v) is 3.13. The lowest BCUT2D eigenvalue weighted by Crippen LogP contribution is -2.36. The van der Waals surface area contributed by atoms with Crippen molar-refractivity contribution in [2.24, 2.45) is 0 Å². The van der Waals surface area contributed by atoms with Crippen molar-refractivity contribution in [2.75, 3.05) is 20.2 Å². The number of nitrogens with one attached hydrogen (secondary N) is 1. The first kappa shape index (κ1) is 16.4. The van der Waals surface area contributed by atoms with Crippen LogP contribution in [0.5, 0.6) is 5.75 Å². The molecule has 0 aliphatic rings. The second-order valence-electron chi connectivity index (χ2n) is 5.06. The van der Waals surface area contributed by atoms with Crippen LogP contribution >= 0.6 is 0 Å². The van der Waals surface area contributed by atoms with Crippen LogP contribution in [0.2, 0.25) is 0 Å². The second-order valence-corrected chi connectivity index (χ2v) is 5.06. The summed E-state index contributed by atoms with van der Waals surface area (Å²) in [5.74, 6) is 0.636. The molecule has 1 rings (SSSR count). The van der Waals surface area contributed by atoms with Gasteiger partial charge in [-0.3, -0.25) is 9.78 Å². The number of carbonyl (C=O) groups is 1. The van der Waals surface area contributed by atoms with Gasteiger partial charge in [-0.1, -0.05) is 6.92 Å². The van der Waals surface area contributed by atoms with Crippen LogP contribution in [0.1, 0.15) is 32.2 Å². The van der Waals surface area contributed by atoms with Crippen LogP contribution in [0.4, 0.5) is 0 Å². The van der Waals surface area contributed by atoms with Gasteiger partial charge in [0.15, 0.2) is 6.61 Å². The monoisotopic (exact) mass is 279 g/mol. The summed E-state index contributed by atoms with van der Waals surface area (Å²) in [6.45, 7) is 9.47. The molecule has 112 valence electrons. The van der Waals surface area contributed by atoms with Crippen LogP contribution in [0.15, 0.2) is 12.1 Å². The minimum atomic E-state index is -0.0324. The lowest BCUT2D eigenvalue weighted by Gasteiger charge is -2.21. The number of pyridine rings is 1. The molecule has 0 aromatic carbocycles. The van der Waals surface area contributed by atoms with Gasteiger partial charge in [0, 0.05) is 25.3 Å². The summed E-state index contributed by atoms with van der Waals surface area (Å²) in [4.78, 5) is 18.0. The van der Waals surface area contributed by atoms with E-state index in [4.69, 9.17) is 4.74 Å². The number of ether oxygens (including phenoxy) is 1. The van der Waals surface area contributed by atoms with E-state index in [2.05, 4.69) is 10.3 Å². The maximum atomic E-state index is 11.9. The largest absolute Gasteiger partial charge is 0.482 e. The van der Waals surface area contributed by atoms with Gasteiger partial charge in [0.05, 0.1) is 5.69 Å². The first-order valence-electron chi connectivity index (χ1n) is 7.01. The van der Waals surface area contributed by atoms with Crippen molar-refractivity contribution in [3.8, 4) is 5.75 Å². The summed E-state index contributed by atoms with van der Waals surface area (Å²) < 4.78 is 5.63. The molecule has 5 heteroatoms. The number of rotatable bonds is 7. The highest BCUT2D eigenvalue weighted by atomic mass is 16.5. The van der Waals surface area contributed by atoms with E-state index in [0.29, 0.717) is 12.3 Å². The van der Waals surface area contributed by atoms with Gasteiger partial charge in [-0.15, -0.1) is 0 Å². The number of carbonyl (C=O) groups excluding carboxylic acids is 1. The van der Waals surface area contributed by atoms with Crippen molar-refractivity contribution in [2.45, 2.75) is 40.3 Å². The molecular weight excluding hydrogens is 254 g/mol. The number of hydrogen-bond donors (Lipinski definition) is 1. The van der Waals surface area contributed by atoms with Crippen LogP contribution in [0.25, 0.3) is 0 Å². The summed E-state index contributed by atoms with van der Waals surface area (Å²) in [6.07, 6.45) is 0. The average molecular weight is 279 g/mol. The number of nitrogens with zero attached hydrogens (tertiary/aromatic N) is 2.